The third-order valence-electron chi connectivity index (χ3n) is 3.23. The summed E-state index contributed by atoms with van der Waals surface area (Å²) in [6.07, 6.45) is 0. The van der Waals surface area contributed by atoms with Gasteiger partial charge in [-0.3, -0.25) is 4.79 Å². The third kappa shape index (κ3) is 4.62. The number of carbonyl (C=O) groups is 1. The number of nitrogens with one attached hydrogen (secondary N) is 1. The molecule has 1 atom stereocenters. The van der Waals surface area contributed by atoms with Crippen LogP contribution in [0.25, 0.3) is 0 Å². The number of thiophene rings is 1. The Morgan fingerprint density at radius 3 is 2.58 bits per heavy atom. The van der Waals surface area contributed by atoms with Gasteiger partial charge in [-0.15, -0.1) is 11.3 Å². The fraction of sp³-hybridized carbons (Fsp3) is 0.267. The summed E-state index contributed by atoms with van der Waals surface area (Å²) < 4.78 is 41.3. The third-order valence-corrected chi connectivity index (χ3v) is 6.41. The molecule has 5 nitrogen and oxygen atoms in total. The van der Waals surface area contributed by atoms with Crippen molar-refractivity contribution < 1.29 is 17.6 Å². The van der Waals surface area contributed by atoms with E-state index in [-0.39, 0.29) is 0 Å². The number of likely N-dealkylation sites (N-methyl/N-ethyl adjacent to an activating group) is 1. The highest BCUT2D eigenvalue weighted by Gasteiger charge is 2.26. The highest BCUT2D eigenvalue weighted by atomic mass is 79.9. The number of sulfonamides is 1. The quantitative estimate of drug-likeness (QED) is 0.759. The first-order valence-electron chi connectivity index (χ1n) is 6.97. The minimum atomic E-state index is -4.11. The van der Waals surface area contributed by atoms with E-state index in [1.807, 2.05) is 12.1 Å². The summed E-state index contributed by atoms with van der Waals surface area (Å²) in [6.45, 7) is 1.79. The molecule has 24 heavy (non-hydrogen) atoms. The number of rotatable bonds is 6. The Morgan fingerprint density at radius 1 is 1.33 bits per heavy atom. The van der Waals surface area contributed by atoms with E-state index in [1.165, 1.54) is 35.3 Å². The lowest BCUT2D eigenvalue weighted by Gasteiger charge is -2.21. The number of amides is 1. The van der Waals surface area contributed by atoms with Crippen LogP contribution in [0.4, 0.5) is 4.39 Å². The van der Waals surface area contributed by atoms with Crippen molar-refractivity contribution in [1.82, 2.24) is 9.62 Å². The second-order valence-electron chi connectivity index (χ2n) is 5.17. The normalized spacial score (nSPS) is 12.8. The fourth-order valence-electron chi connectivity index (χ4n) is 2.09. The molecule has 0 bridgehead atoms. The molecule has 0 fully saturated rings. The van der Waals surface area contributed by atoms with Gasteiger partial charge in [-0.05, 0) is 47.1 Å². The Bertz CT molecular complexity index is 839. The maximum Gasteiger partial charge on any atom is 0.244 e. The number of nitrogens with zero attached hydrogens (tertiary/aromatic N) is 1. The molecule has 1 N–H and O–H groups in total. The zero-order chi connectivity index (χ0) is 17.9. The molecular formula is C15H16BrFN2O3S2. The highest BCUT2D eigenvalue weighted by molar-refractivity contribution is 9.11. The van der Waals surface area contributed by atoms with E-state index in [9.17, 15) is 17.6 Å². The van der Waals surface area contributed by atoms with Crippen LogP contribution in [-0.4, -0.2) is 32.3 Å². The van der Waals surface area contributed by atoms with Crippen molar-refractivity contribution in [3.63, 3.8) is 0 Å². The zero-order valence-corrected chi connectivity index (χ0v) is 16.2. The van der Waals surface area contributed by atoms with Crippen LogP contribution >= 0.6 is 27.3 Å². The number of hydrogen-bond acceptors (Lipinski definition) is 4. The predicted molar refractivity (Wildman–Crippen MR) is 94.7 cm³/mol. The molecule has 0 saturated heterocycles. The molecule has 2 aromatic rings. The van der Waals surface area contributed by atoms with Crippen molar-refractivity contribution in [2.45, 2.75) is 24.4 Å². The first-order valence-corrected chi connectivity index (χ1v) is 10.1. The molecule has 0 spiro atoms. The molecule has 0 aliphatic heterocycles. The van der Waals surface area contributed by atoms with E-state index in [1.54, 1.807) is 7.05 Å². The molecular weight excluding hydrogens is 419 g/mol. The van der Waals surface area contributed by atoms with Gasteiger partial charge in [0.25, 0.3) is 0 Å². The van der Waals surface area contributed by atoms with Gasteiger partial charge in [-0.2, -0.15) is 4.72 Å². The van der Waals surface area contributed by atoms with Gasteiger partial charge in [0.05, 0.1) is 16.4 Å². The fourth-order valence-corrected chi connectivity index (χ4v) is 4.90. The Hall–Kier alpha value is -1.29. The Kier molecular flexibility index (Phi) is 6.13. The van der Waals surface area contributed by atoms with Crippen molar-refractivity contribution in [3.05, 3.63) is 50.9 Å². The average molecular weight is 435 g/mol. The summed E-state index contributed by atoms with van der Waals surface area (Å²) in [5.41, 5.74) is 0. The number of halogens is 2. The maximum absolute atomic E-state index is 13.7. The zero-order valence-electron chi connectivity index (χ0n) is 13.0. The van der Waals surface area contributed by atoms with E-state index in [0.717, 1.165) is 20.8 Å². The van der Waals surface area contributed by atoms with Gasteiger partial charge in [-0.1, -0.05) is 12.1 Å². The summed E-state index contributed by atoms with van der Waals surface area (Å²) >= 11 is 4.84. The van der Waals surface area contributed by atoms with Crippen LogP contribution in [0.2, 0.25) is 0 Å². The second-order valence-corrected chi connectivity index (χ2v) is 9.40. The van der Waals surface area contributed by atoms with Crippen molar-refractivity contribution in [2.75, 3.05) is 7.05 Å². The summed E-state index contributed by atoms with van der Waals surface area (Å²) in [5.74, 6) is -1.26. The lowest BCUT2D eigenvalue weighted by molar-refractivity contribution is -0.131. The topological polar surface area (TPSA) is 66.5 Å². The number of hydrogen-bond donors (Lipinski definition) is 1. The first-order chi connectivity index (χ1) is 11.2. The van der Waals surface area contributed by atoms with E-state index < -0.39 is 32.7 Å². The van der Waals surface area contributed by atoms with Crippen molar-refractivity contribution in [1.29, 1.82) is 0 Å². The maximum atomic E-state index is 13.7. The van der Waals surface area contributed by atoms with E-state index >= 15 is 0 Å². The van der Waals surface area contributed by atoms with Gasteiger partial charge in [0.2, 0.25) is 15.9 Å². The lowest BCUT2D eigenvalue weighted by atomic mass is 10.3. The monoisotopic (exact) mass is 434 g/mol. The largest absolute Gasteiger partial charge is 0.339 e. The van der Waals surface area contributed by atoms with Crippen LogP contribution in [0.5, 0.6) is 0 Å². The van der Waals surface area contributed by atoms with Gasteiger partial charge in [0, 0.05) is 11.9 Å². The minimum Gasteiger partial charge on any atom is -0.339 e. The number of benzene rings is 1. The van der Waals surface area contributed by atoms with Crippen molar-refractivity contribution in [3.8, 4) is 0 Å². The molecule has 0 aliphatic rings. The van der Waals surface area contributed by atoms with Gasteiger partial charge < -0.3 is 4.90 Å². The molecule has 0 radical (unpaired) electrons. The smallest absolute Gasteiger partial charge is 0.244 e. The lowest BCUT2D eigenvalue weighted by Crippen LogP contribution is -2.45. The molecule has 2 rings (SSSR count). The van der Waals surface area contributed by atoms with Crippen LogP contribution in [0.3, 0.4) is 0 Å². The van der Waals surface area contributed by atoms with Gasteiger partial charge in [-0.25, -0.2) is 12.8 Å². The van der Waals surface area contributed by atoms with E-state index in [4.69, 9.17) is 0 Å². The molecule has 0 saturated carbocycles. The molecule has 1 amide bonds. The molecule has 1 aromatic carbocycles. The highest BCUT2D eigenvalue weighted by Crippen LogP contribution is 2.23. The molecule has 0 unspecified atom stereocenters. The number of carbonyl (C=O) groups excluding carboxylic acids is 1. The SMILES string of the molecule is C[C@H](NS(=O)(=O)c1ccccc1F)C(=O)N(C)Cc1ccc(Br)s1. The Balaban J connectivity index is 2.06. The van der Waals surface area contributed by atoms with E-state index in [2.05, 4.69) is 20.7 Å². The predicted octanol–water partition coefficient (Wildman–Crippen LogP) is 2.98. The summed E-state index contributed by atoms with van der Waals surface area (Å²) in [4.78, 5) is 14.3. The van der Waals surface area contributed by atoms with Crippen LogP contribution in [0, 0.1) is 5.82 Å². The van der Waals surface area contributed by atoms with Crippen molar-refractivity contribution >= 4 is 43.2 Å². The Labute approximate surface area is 152 Å². The molecule has 1 heterocycles. The molecule has 1 aromatic heterocycles. The summed E-state index contributed by atoms with van der Waals surface area (Å²) in [7, 11) is -2.53. The van der Waals surface area contributed by atoms with Crippen LogP contribution in [0.15, 0.2) is 45.1 Å². The average Bonchev–Trinajstić information content (AvgIpc) is 2.91. The van der Waals surface area contributed by atoms with Crippen LogP contribution in [-0.2, 0) is 21.4 Å². The van der Waals surface area contributed by atoms with E-state index in [0.29, 0.717) is 6.54 Å². The van der Waals surface area contributed by atoms with Crippen LogP contribution < -0.4 is 4.72 Å². The van der Waals surface area contributed by atoms with Crippen molar-refractivity contribution in [2.24, 2.45) is 0 Å². The molecule has 130 valence electrons. The van der Waals surface area contributed by atoms with Gasteiger partial charge in [0.1, 0.15) is 10.7 Å². The molecule has 9 heteroatoms. The summed E-state index contributed by atoms with van der Waals surface area (Å²) in [6, 6.07) is 7.78. The first kappa shape index (κ1) is 19.0. The molecule has 0 aliphatic carbocycles. The minimum absolute atomic E-state index is 0.362. The van der Waals surface area contributed by atoms with Gasteiger partial charge in [0.15, 0.2) is 0 Å². The standard InChI is InChI=1S/C15H16BrFN2O3S2/c1-10(15(20)19(2)9-11-7-8-14(16)23-11)18-24(21,22)13-6-4-3-5-12(13)17/h3-8,10,18H,9H2,1-2H3/t10-/m0/s1. The summed E-state index contributed by atoms with van der Waals surface area (Å²) in [5, 5.41) is 0. The Morgan fingerprint density at radius 2 is 2.00 bits per heavy atom. The van der Waals surface area contributed by atoms with Gasteiger partial charge >= 0.3 is 0 Å². The second kappa shape index (κ2) is 7.73. The van der Waals surface area contributed by atoms with Crippen LogP contribution in [0.1, 0.15) is 11.8 Å².